The highest BCUT2D eigenvalue weighted by atomic mass is 16.2. The first kappa shape index (κ1) is 9.85. The zero-order valence-electron chi connectivity index (χ0n) is 9.28. The molecule has 3 nitrogen and oxygen atoms in total. The second-order valence-corrected chi connectivity index (χ2v) is 4.59. The molecule has 1 saturated heterocycles. The highest BCUT2D eigenvalue weighted by Gasteiger charge is 2.30. The summed E-state index contributed by atoms with van der Waals surface area (Å²) in [7, 11) is 0. The van der Waals surface area contributed by atoms with E-state index in [2.05, 4.69) is 34.7 Å². The standard InChI is InChI=1S/C13H16N2O/c16-13-6-3-9-15(14-13)12-8-7-10-4-1-2-5-11(10)12/h1-2,4-5,12H,3,6-9H2,(H,14,16). The molecule has 1 heterocycles. The fourth-order valence-corrected chi connectivity index (χ4v) is 2.77. The molecule has 1 unspecified atom stereocenters. The van der Waals surface area contributed by atoms with E-state index in [4.69, 9.17) is 0 Å². The van der Waals surface area contributed by atoms with E-state index in [0.29, 0.717) is 12.5 Å². The lowest BCUT2D eigenvalue weighted by atomic mass is 10.1. The van der Waals surface area contributed by atoms with Crippen LogP contribution >= 0.6 is 0 Å². The maximum atomic E-state index is 11.4. The number of hydrogen-bond donors (Lipinski definition) is 1. The average Bonchev–Trinajstić information content (AvgIpc) is 2.72. The topological polar surface area (TPSA) is 32.3 Å². The Morgan fingerprint density at radius 3 is 3.00 bits per heavy atom. The Morgan fingerprint density at radius 1 is 1.25 bits per heavy atom. The van der Waals surface area contributed by atoms with Crippen LogP contribution in [0.5, 0.6) is 0 Å². The van der Waals surface area contributed by atoms with Crippen molar-refractivity contribution in [1.29, 1.82) is 0 Å². The molecule has 2 aliphatic rings. The van der Waals surface area contributed by atoms with Gasteiger partial charge in [-0.05, 0) is 30.4 Å². The smallest absolute Gasteiger partial charge is 0.234 e. The predicted molar refractivity (Wildman–Crippen MR) is 61.6 cm³/mol. The van der Waals surface area contributed by atoms with E-state index in [1.807, 2.05) is 0 Å². The monoisotopic (exact) mass is 216 g/mol. The molecule has 1 aromatic rings. The van der Waals surface area contributed by atoms with Crippen LogP contribution in [0, 0.1) is 0 Å². The molecule has 1 atom stereocenters. The van der Waals surface area contributed by atoms with Crippen molar-refractivity contribution in [2.45, 2.75) is 31.7 Å². The van der Waals surface area contributed by atoms with Gasteiger partial charge < -0.3 is 0 Å². The van der Waals surface area contributed by atoms with Gasteiger partial charge in [0.1, 0.15) is 0 Å². The quantitative estimate of drug-likeness (QED) is 0.776. The minimum absolute atomic E-state index is 0.163. The summed E-state index contributed by atoms with van der Waals surface area (Å²) < 4.78 is 0. The fourth-order valence-electron chi connectivity index (χ4n) is 2.77. The summed E-state index contributed by atoms with van der Waals surface area (Å²) in [4.78, 5) is 11.4. The van der Waals surface area contributed by atoms with Crippen molar-refractivity contribution in [2.75, 3.05) is 6.54 Å². The first-order valence-corrected chi connectivity index (χ1v) is 5.98. The Morgan fingerprint density at radius 2 is 2.12 bits per heavy atom. The zero-order valence-corrected chi connectivity index (χ0v) is 9.28. The molecule has 1 N–H and O–H groups in total. The van der Waals surface area contributed by atoms with Gasteiger partial charge in [-0.3, -0.25) is 10.2 Å². The van der Waals surface area contributed by atoms with Crippen LogP contribution in [0.25, 0.3) is 0 Å². The van der Waals surface area contributed by atoms with Crippen LogP contribution in [0.3, 0.4) is 0 Å². The second kappa shape index (κ2) is 3.91. The molecule has 3 heteroatoms. The molecule has 16 heavy (non-hydrogen) atoms. The van der Waals surface area contributed by atoms with Crippen molar-refractivity contribution in [2.24, 2.45) is 0 Å². The predicted octanol–water partition coefficient (Wildman–Crippen LogP) is 1.80. The van der Waals surface area contributed by atoms with Crippen molar-refractivity contribution in [3.8, 4) is 0 Å². The molecule has 1 aliphatic heterocycles. The number of hydrogen-bond acceptors (Lipinski definition) is 2. The van der Waals surface area contributed by atoms with Crippen molar-refractivity contribution < 1.29 is 4.79 Å². The first-order valence-electron chi connectivity index (χ1n) is 5.98. The Bertz CT molecular complexity index is 416. The lowest BCUT2D eigenvalue weighted by molar-refractivity contribution is -0.130. The van der Waals surface area contributed by atoms with Crippen molar-refractivity contribution in [3.05, 3.63) is 35.4 Å². The van der Waals surface area contributed by atoms with E-state index in [1.165, 1.54) is 11.1 Å². The summed E-state index contributed by atoms with van der Waals surface area (Å²) in [5, 5.41) is 2.12. The maximum absolute atomic E-state index is 11.4. The highest BCUT2D eigenvalue weighted by molar-refractivity contribution is 5.76. The number of carbonyl (C=O) groups is 1. The van der Waals surface area contributed by atoms with E-state index in [0.717, 1.165) is 25.8 Å². The Kier molecular flexibility index (Phi) is 2.40. The lowest BCUT2D eigenvalue weighted by Gasteiger charge is -2.32. The summed E-state index contributed by atoms with van der Waals surface area (Å²) in [5.74, 6) is 0.163. The van der Waals surface area contributed by atoms with Crippen molar-refractivity contribution >= 4 is 5.91 Å². The van der Waals surface area contributed by atoms with Gasteiger partial charge in [0.15, 0.2) is 0 Å². The Labute approximate surface area is 95.4 Å². The van der Waals surface area contributed by atoms with Crippen LogP contribution in [0.2, 0.25) is 0 Å². The molecule has 0 spiro atoms. The number of aryl methyl sites for hydroxylation is 1. The number of rotatable bonds is 1. The summed E-state index contributed by atoms with van der Waals surface area (Å²) in [6, 6.07) is 8.95. The van der Waals surface area contributed by atoms with Gasteiger partial charge in [-0.1, -0.05) is 24.3 Å². The largest absolute Gasteiger partial charge is 0.288 e. The van der Waals surface area contributed by atoms with Gasteiger partial charge in [0, 0.05) is 13.0 Å². The van der Waals surface area contributed by atoms with Crippen LogP contribution in [0.1, 0.15) is 36.4 Å². The number of benzene rings is 1. The molecule has 1 amide bonds. The van der Waals surface area contributed by atoms with E-state index in [1.54, 1.807) is 0 Å². The number of fused-ring (bicyclic) bond motifs is 1. The molecule has 0 bridgehead atoms. The average molecular weight is 216 g/mol. The minimum Gasteiger partial charge on any atom is -0.288 e. The third-order valence-corrected chi connectivity index (χ3v) is 3.55. The minimum atomic E-state index is 0.163. The SMILES string of the molecule is O=C1CCCN(C2CCc3ccccc32)N1. The molecule has 84 valence electrons. The maximum Gasteiger partial charge on any atom is 0.234 e. The molecule has 0 radical (unpaired) electrons. The zero-order chi connectivity index (χ0) is 11.0. The fraction of sp³-hybridized carbons (Fsp3) is 0.462. The first-order chi connectivity index (χ1) is 7.84. The molecule has 1 fully saturated rings. The number of nitrogens with one attached hydrogen (secondary N) is 1. The van der Waals surface area contributed by atoms with Crippen molar-refractivity contribution in [1.82, 2.24) is 10.4 Å². The van der Waals surface area contributed by atoms with Crippen LogP contribution in [0.15, 0.2) is 24.3 Å². The Hall–Kier alpha value is -1.35. The molecule has 0 saturated carbocycles. The van der Waals surface area contributed by atoms with Gasteiger partial charge >= 0.3 is 0 Å². The molecule has 1 aromatic carbocycles. The van der Waals surface area contributed by atoms with E-state index in [-0.39, 0.29) is 5.91 Å². The van der Waals surface area contributed by atoms with Crippen LogP contribution in [-0.2, 0) is 11.2 Å². The molecule has 0 aromatic heterocycles. The van der Waals surface area contributed by atoms with Gasteiger partial charge in [-0.2, -0.15) is 0 Å². The summed E-state index contributed by atoms with van der Waals surface area (Å²) in [5.41, 5.74) is 5.82. The number of carbonyl (C=O) groups excluding carboxylic acids is 1. The molecular formula is C13H16N2O. The van der Waals surface area contributed by atoms with Gasteiger partial charge in [0.2, 0.25) is 5.91 Å². The third kappa shape index (κ3) is 1.61. The molecular weight excluding hydrogens is 200 g/mol. The third-order valence-electron chi connectivity index (χ3n) is 3.55. The van der Waals surface area contributed by atoms with E-state index in [9.17, 15) is 4.79 Å². The van der Waals surface area contributed by atoms with Gasteiger partial charge in [0.25, 0.3) is 0 Å². The number of hydrazine groups is 1. The second-order valence-electron chi connectivity index (χ2n) is 4.59. The van der Waals surface area contributed by atoms with Crippen molar-refractivity contribution in [3.63, 3.8) is 0 Å². The highest BCUT2D eigenvalue weighted by Crippen LogP contribution is 2.35. The van der Waals surface area contributed by atoms with Gasteiger partial charge in [0.05, 0.1) is 6.04 Å². The molecule has 1 aliphatic carbocycles. The molecule has 3 rings (SSSR count). The summed E-state index contributed by atoms with van der Waals surface area (Å²) in [6.07, 6.45) is 3.90. The normalized spacial score (nSPS) is 25.2. The Balaban J connectivity index is 1.84. The van der Waals surface area contributed by atoms with Crippen LogP contribution < -0.4 is 5.43 Å². The van der Waals surface area contributed by atoms with Gasteiger partial charge in [-0.15, -0.1) is 0 Å². The summed E-state index contributed by atoms with van der Waals surface area (Å²) in [6.45, 7) is 0.977. The van der Waals surface area contributed by atoms with E-state index < -0.39 is 0 Å². The summed E-state index contributed by atoms with van der Waals surface area (Å²) >= 11 is 0. The van der Waals surface area contributed by atoms with Gasteiger partial charge in [-0.25, -0.2) is 5.01 Å². The van der Waals surface area contributed by atoms with Crippen LogP contribution in [0.4, 0.5) is 0 Å². The van der Waals surface area contributed by atoms with E-state index >= 15 is 0 Å². The van der Waals surface area contributed by atoms with Crippen LogP contribution in [-0.4, -0.2) is 17.5 Å². The lowest BCUT2D eigenvalue weighted by Crippen LogP contribution is -2.48. The number of amides is 1. The number of nitrogens with zero attached hydrogens (tertiary/aromatic N) is 1.